The molecule has 0 aliphatic carbocycles. The zero-order chi connectivity index (χ0) is 15.5. The van der Waals surface area contributed by atoms with Gasteiger partial charge in [-0.2, -0.15) is 5.26 Å². The summed E-state index contributed by atoms with van der Waals surface area (Å²) in [4.78, 5) is 17.8. The van der Waals surface area contributed by atoms with Crippen molar-refractivity contribution in [1.82, 2.24) is 10.3 Å². The molecule has 2 heterocycles. The molecule has 0 spiro atoms. The number of rotatable bonds is 3. The molecule has 6 heteroatoms. The SMILES string of the molecule is CC(C)(C)OC(=O)NCC1CN(c2ncccc2C#N)C1. The Hall–Kier alpha value is -2.29. The minimum atomic E-state index is -0.481. The van der Waals surface area contributed by atoms with Crippen molar-refractivity contribution in [3.05, 3.63) is 23.9 Å². The number of amides is 1. The Morgan fingerprint density at radius 2 is 2.29 bits per heavy atom. The maximum Gasteiger partial charge on any atom is 0.407 e. The first-order valence-corrected chi connectivity index (χ1v) is 6.96. The quantitative estimate of drug-likeness (QED) is 0.919. The number of alkyl carbamates (subject to hydrolysis) is 1. The van der Waals surface area contributed by atoms with Crippen LogP contribution in [0, 0.1) is 17.2 Å². The molecule has 2 rings (SSSR count). The van der Waals surface area contributed by atoms with E-state index in [1.165, 1.54) is 0 Å². The van der Waals surface area contributed by atoms with Crippen molar-refractivity contribution < 1.29 is 9.53 Å². The van der Waals surface area contributed by atoms with E-state index in [-0.39, 0.29) is 0 Å². The van der Waals surface area contributed by atoms with Crippen LogP contribution in [0.1, 0.15) is 26.3 Å². The molecular formula is C15H20N4O2. The molecule has 21 heavy (non-hydrogen) atoms. The largest absolute Gasteiger partial charge is 0.444 e. The van der Waals surface area contributed by atoms with Gasteiger partial charge >= 0.3 is 6.09 Å². The van der Waals surface area contributed by atoms with E-state index in [4.69, 9.17) is 10.00 Å². The molecule has 1 N–H and O–H groups in total. The fourth-order valence-electron chi connectivity index (χ4n) is 2.15. The number of carbonyl (C=O) groups is 1. The second-order valence-corrected chi connectivity index (χ2v) is 6.14. The highest BCUT2D eigenvalue weighted by molar-refractivity contribution is 5.67. The summed E-state index contributed by atoms with van der Waals surface area (Å²) in [5, 5.41) is 11.8. The minimum Gasteiger partial charge on any atom is -0.444 e. The molecule has 1 aliphatic heterocycles. The second kappa shape index (κ2) is 6.00. The first kappa shape index (κ1) is 15.1. The van der Waals surface area contributed by atoms with Crippen molar-refractivity contribution in [3.8, 4) is 6.07 Å². The van der Waals surface area contributed by atoms with E-state index in [1.54, 1.807) is 18.3 Å². The highest BCUT2D eigenvalue weighted by atomic mass is 16.6. The number of pyridine rings is 1. The van der Waals surface area contributed by atoms with Gasteiger partial charge in [-0.25, -0.2) is 9.78 Å². The number of aromatic nitrogens is 1. The number of carbonyl (C=O) groups excluding carboxylic acids is 1. The zero-order valence-corrected chi connectivity index (χ0v) is 12.6. The Morgan fingerprint density at radius 1 is 1.57 bits per heavy atom. The van der Waals surface area contributed by atoms with E-state index >= 15 is 0 Å². The van der Waals surface area contributed by atoms with Crippen LogP contribution in [0.5, 0.6) is 0 Å². The lowest BCUT2D eigenvalue weighted by Crippen LogP contribution is -2.52. The molecule has 0 aromatic carbocycles. The number of hydrogen-bond donors (Lipinski definition) is 1. The first-order valence-electron chi connectivity index (χ1n) is 6.96. The van der Waals surface area contributed by atoms with Gasteiger partial charge in [-0.1, -0.05) is 0 Å². The lowest BCUT2D eigenvalue weighted by atomic mass is 9.99. The molecular weight excluding hydrogens is 268 g/mol. The van der Waals surface area contributed by atoms with Gasteiger partial charge in [-0.3, -0.25) is 0 Å². The summed E-state index contributed by atoms with van der Waals surface area (Å²) in [6.07, 6.45) is 1.29. The van der Waals surface area contributed by atoms with Crippen molar-refractivity contribution in [2.75, 3.05) is 24.5 Å². The summed E-state index contributed by atoms with van der Waals surface area (Å²) in [6.45, 7) is 7.63. The van der Waals surface area contributed by atoms with Crippen molar-refractivity contribution in [2.24, 2.45) is 5.92 Å². The third-order valence-corrected chi connectivity index (χ3v) is 3.10. The van der Waals surface area contributed by atoms with Crippen LogP contribution in [0.15, 0.2) is 18.3 Å². The van der Waals surface area contributed by atoms with Crippen molar-refractivity contribution in [3.63, 3.8) is 0 Å². The molecule has 0 radical (unpaired) electrons. The summed E-state index contributed by atoms with van der Waals surface area (Å²) in [5.41, 5.74) is 0.0989. The van der Waals surface area contributed by atoms with Crippen LogP contribution in [-0.4, -0.2) is 36.3 Å². The van der Waals surface area contributed by atoms with E-state index < -0.39 is 11.7 Å². The second-order valence-electron chi connectivity index (χ2n) is 6.14. The van der Waals surface area contributed by atoms with Crippen LogP contribution >= 0.6 is 0 Å². The van der Waals surface area contributed by atoms with Gasteiger partial charge in [0.1, 0.15) is 17.5 Å². The van der Waals surface area contributed by atoms with Gasteiger partial charge in [0, 0.05) is 31.7 Å². The van der Waals surface area contributed by atoms with Gasteiger partial charge in [0.2, 0.25) is 0 Å². The highest BCUT2D eigenvalue weighted by Gasteiger charge is 2.29. The fourth-order valence-corrected chi connectivity index (χ4v) is 2.15. The summed E-state index contributed by atoms with van der Waals surface area (Å²) in [6, 6.07) is 5.65. The van der Waals surface area contributed by atoms with Crippen LogP contribution in [0.4, 0.5) is 10.6 Å². The Balaban J connectivity index is 1.77. The van der Waals surface area contributed by atoms with Crippen LogP contribution in [0.25, 0.3) is 0 Å². The maximum absolute atomic E-state index is 11.6. The predicted molar refractivity (Wildman–Crippen MR) is 78.9 cm³/mol. The molecule has 112 valence electrons. The fraction of sp³-hybridized carbons (Fsp3) is 0.533. The first-order chi connectivity index (χ1) is 9.89. The number of anilines is 1. The molecule has 1 aromatic heterocycles. The van der Waals surface area contributed by atoms with Crippen molar-refractivity contribution in [2.45, 2.75) is 26.4 Å². The summed E-state index contributed by atoms with van der Waals surface area (Å²) in [7, 11) is 0. The smallest absolute Gasteiger partial charge is 0.407 e. The van der Waals surface area contributed by atoms with E-state index in [1.807, 2.05) is 25.7 Å². The van der Waals surface area contributed by atoms with Crippen LogP contribution in [0.3, 0.4) is 0 Å². The van der Waals surface area contributed by atoms with Crippen molar-refractivity contribution in [1.29, 1.82) is 5.26 Å². The summed E-state index contributed by atoms with van der Waals surface area (Å²) in [5.74, 6) is 1.07. The average molecular weight is 288 g/mol. The van der Waals surface area contributed by atoms with Crippen LogP contribution < -0.4 is 10.2 Å². The zero-order valence-electron chi connectivity index (χ0n) is 12.6. The van der Waals surface area contributed by atoms with Crippen molar-refractivity contribution >= 4 is 11.9 Å². The Labute approximate surface area is 124 Å². The van der Waals surface area contributed by atoms with E-state index in [2.05, 4.69) is 16.4 Å². The monoisotopic (exact) mass is 288 g/mol. The third kappa shape index (κ3) is 4.09. The number of nitrogens with one attached hydrogen (secondary N) is 1. The summed E-state index contributed by atoms with van der Waals surface area (Å²) >= 11 is 0. The van der Waals surface area contributed by atoms with E-state index in [0.717, 1.165) is 13.1 Å². The lowest BCUT2D eigenvalue weighted by molar-refractivity contribution is 0.0516. The van der Waals surface area contributed by atoms with Crippen LogP contribution in [0.2, 0.25) is 0 Å². The topological polar surface area (TPSA) is 78.2 Å². The van der Waals surface area contributed by atoms with Gasteiger partial charge in [-0.15, -0.1) is 0 Å². The van der Waals surface area contributed by atoms with Gasteiger partial charge in [0.05, 0.1) is 5.56 Å². The van der Waals surface area contributed by atoms with Gasteiger partial charge < -0.3 is 15.0 Å². The van der Waals surface area contributed by atoms with Gasteiger partial charge in [-0.05, 0) is 32.9 Å². The number of ether oxygens (including phenoxy) is 1. The number of hydrogen-bond acceptors (Lipinski definition) is 5. The molecule has 0 unspecified atom stereocenters. The molecule has 1 fully saturated rings. The molecule has 1 aliphatic rings. The third-order valence-electron chi connectivity index (χ3n) is 3.10. The van der Waals surface area contributed by atoms with Gasteiger partial charge in [0.25, 0.3) is 0 Å². The minimum absolute atomic E-state index is 0.353. The Bertz CT molecular complexity index is 554. The molecule has 1 aromatic rings. The number of nitrogens with zero attached hydrogens (tertiary/aromatic N) is 3. The highest BCUT2D eigenvalue weighted by Crippen LogP contribution is 2.25. The lowest BCUT2D eigenvalue weighted by Gasteiger charge is -2.40. The Morgan fingerprint density at radius 3 is 2.90 bits per heavy atom. The molecule has 0 atom stereocenters. The van der Waals surface area contributed by atoms with E-state index in [0.29, 0.717) is 23.8 Å². The molecule has 6 nitrogen and oxygen atoms in total. The number of nitriles is 1. The molecule has 0 saturated carbocycles. The van der Waals surface area contributed by atoms with Gasteiger partial charge in [0.15, 0.2) is 0 Å². The van der Waals surface area contributed by atoms with E-state index in [9.17, 15) is 4.79 Å². The molecule has 1 saturated heterocycles. The normalized spacial score (nSPS) is 15.0. The Kier molecular flexibility index (Phi) is 4.32. The standard InChI is InChI=1S/C15H20N4O2/c1-15(2,3)21-14(20)18-8-11-9-19(10-11)13-12(7-16)5-4-6-17-13/h4-6,11H,8-10H2,1-3H3,(H,18,20). The maximum atomic E-state index is 11.6. The van der Waals surface area contributed by atoms with Crippen LogP contribution in [-0.2, 0) is 4.74 Å². The molecule has 1 amide bonds. The predicted octanol–water partition coefficient (Wildman–Crippen LogP) is 1.91. The average Bonchev–Trinajstić information content (AvgIpc) is 2.35. The molecule has 0 bridgehead atoms. The summed E-state index contributed by atoms with van der Waals surface area (Å²) < 4.78 is 5.19.